The van der Waals surface area contributed by atoms with Crippen LogP contribution >= 0.6 is 0 Å². The molecule has 41 heavy (non-hydrogen) atoms. The molecule has 0 saturated heterocycles. The summed E-state index contributed by atoms with van der Waals surface area (Å²) in [7, 11) is 0. The first-order chi connectivity index (χ1) is 19.2. The normalized spacial score (nSPS) is 11.2. The summed E-state index contributed by atoms with van der Waals surface area (Å²) in [6, 6.07) is 0. The molecule has 0 unspecified atom stereocenters. The molecule has 0 aliphatic rings. The van der Waals surface area contributed by atoms with E-state index >= 15 is 0 Å². The minimum atomic E-state index is -0.631. The molecule has 0 aromatic carbocycles. The van der Waals surface area contributed by atoms with E-state index in [1.165, 1.54) is 4.90 Å². The van der Waals surface area contributed by atoms with Crippen LogP contribution in [0.2, 0.25) is 0 Å². The number of carbonyl (C=O) groups is 4. The predicted octanol–water partition coefficient (Wildman–Crippen LogP) is 2.86. The fourth-order valence-corrected chi connectivity index (χ4v) is 3.21. The largest absolute Gasteiger partial charge is 0.444 e. The van der Waals surface area contributed by atoms with E-state index in [2.05, 4.69) is 36.6 Å². The van der Waals surface area contributed by atoms with Gasteiger partial charge in [-0.2, -0.15) is 0 Å². The van der Waals surface area contributed by atoms with Gasteiger partial charge in [0.1, 0.15) is 16.9 Å². The van der Waals surface area contributed by atoms with Crippen molar-refractivity contribution in [3.63, 3.8) is 0 Å². The number of rotatable bonds is 16. The van der Waals surface area contributed by atoms with E-state index in [-0.39, 0.29) is 44.2 Å². The van der Waals surface area contributed by atoms with E-state index < -0.39 is 29.3 Å². The second-order valence-corrected chi connectivity index (χ2v) is 11.3. The minimum absolute atomic E-state index is 0.0855. The summed E-state index contributed by atoms with van der Waals surface area (Å²) < 4.78 is 10.4. The van der Waals surface area contributed by atoms with Crippen LogP contribution in [0.5, 0.6) is 0 Å². The average molecular weight is 581 g/mol. The molecule has 0 bridgehead atoms. The van der Waals surface area contributed by atoms with Crippen LogP contribution in [0.3, 0.4) is 0 Å². The quantitative estimate of drug-likeness (QED) is 0.144. The number of aromatic nitrogens is 2. The highest BCUT2D eigenvalue weighted by Gasteiger charge is 2.22. The van der Waals surface area contributed by atoms with E-state index in [0.29, 0.717) is 31.0 Å². The van der Waals surface area contributed by atoms with Crippen molar-refractivity contribution in [1.29, 1.82) is 0 Å². The van der Waals surface area contributed by atoms with Gasteiger partial charge in [0.15, 0.2) is 17.3 Å². The molecule has 0 aliphatic heterocycles. The van der Waals surface area contributed by atoms with E-state index in [4.69, 9.17) is 9.47 Å². The average Bonchev–Trinajstić information content (AvgIpc) is 2.86. The smallest absolute Gasteiger partial charge is 0.407 e. The molecule has 1 aromatic heterocycles. The summed E-state index contributed by atoms with van der Waals surface area (Å²) in [4.78, 5) is 59.4. The predicted molar refractivity (Wildman–Crippen MR) is 157 cm³/mol. The Morgan fingerprint density at radius 2 is 1.27 bits per heavy atom. The SMILES string of the molecule is CCCNc1nc(C(=O)NCCNC(=O)OC(C)(C)C)c(NCCC)nc1CN(C=O)CCNC(=O)OC(C)(C)C. The van der Waals surface area contributed by atoms with Crippen molar-refractivity contribution in [2.24, 2.45) is 0 Å². The lowest BCUT2D eigenvalue weighted by Crippen LogP contribution is -2.38. The fraction of sp³-hybridized carbons (Fsp3) is 0.704. The van der Waals surface area contributed by atoms with Crippen LogP contribution in [-0.2, 0) is 20.8 Å². The molecular weight excluding hydrogens is 532 g/mol. The molecule has 14 nitrogen and oxygen atoms in total. The van der Waals surface area contributed by atoms with Gasteiger partial charge in [0.05, 0.1) is 6.54 Å². The first-order valence-corrected chi connectivity index (χ1v) is 14.0. The Bertz CT molecular complexity index is 1010. The zero-order valence-electron chi connectivity index (χ0n) is 25.7. The van der Waals surface area contributed by atoms with E-state index in [1.807, 2.05) is 13.8 Å². The molecule has 0 saturated carbocycles. The van der Waals surface area contributed by atoms with Crippen LogP contribution in [-0.4, -0.2) is 89.8 Å². The van der Waals surface area contributed by atoms with Crippen LogP contribution in [0.15, 0.2) is 0 Å². The van der Waals surface area contributed by atoms with Gasteiger partial charge in [-0.1, -0.05) is 13.8 Å². The lowest BCUT2D eigenvalue weighted by Gasteiger charge is -2.22. The summed E-state index contributed by atoms with van der Waals surface area (Å²) in [6.45, 7) is 16.5. The second kappa shape index (κ2) is 17.1. The summed E-state index contributed by atoms with van der Waals surface area (Å²) in [5.74, 6) is 0.180. The maximum Gasteiger partial charge on any atom is 0.407 e. The van der Waals surface area contributed by atoms with Crippen LogP contribution in [0.1, 0.15) is 84.4 Å². The zero-order valence-corrected chi connectivity index (χ0v) is 25.7. The third kappa shape index (κ3) is 14.9. The molecule has 1 heterocycles. The highest BCUT2D eigenvalue weighted by atomic mass is 16.6. The monoisotopic (exact) mass is 580 g/mol. The van der Waals surface area contributed by atoms with E-state index in [1.54, 1.807) is 41.5 Å². The van der Waals surface area contributed by atoms with Gasteiger partial charge >= 0.3 is 12.2 Å². The van der Waals surface area contributed by atoms with Crippen molar-refractivity contribution >= 4 is 36.1 Å². The lowest BCUT2D eigenvalue weighted by molar-refractivity contribution is -0.118. The highest BCUT2D eigenvalue weighted by Crippen LogP contribution is 2.20. The van der Waals surface area contributed by atoms with Gasteiger partial charge in [-0.3, -0.25) is 9.59 Å². The molecule has 0 radical (unpaired) electrons. The Labute approximate surface area is 243 Å². The van der Waals surface area contributed by atoms with Gasteiger partial charge in [-0.15, -0.1) is 0 Å². The molecular formula is C27H48N8O6. The van der Waals surface area contributed by atoms with Crippen LogP contribution < -0.4 is 26.6 Å². The summed E-state index contributed by atoms with van der Waals surface area (Å²) in [5, 5.41) is 14.3. The Kier molecular flexibility index (Phi) is 14.7. The van der Waals surface area contributed by atoms with Crippen LogP contribution in [0, 0.1) is 0 Å². The number of carbonyl (C=O) groups excluding carboxylic acids is 4. The number of alkyl carbamates (subject to hydrolysis) is 2. The number of ether oxygens (including phenoxy) is 2. The maximum absolute atomic E-state index is 13.1. The van der Waals surface area contributed by atoms with Gasteiger partial charge in [0.2, 0.25) is 6.41 Å². The topological polar surface area (TPSA) is 176 Å². The molecule has 1 rings (SSSR count). The summed E-state index contributed by atoms with van der Waals surface area (Å²) in [5.41, 5.74) is -0.707. The van der Waals surface area contributed by atoms with Crippen molar-refractivity contribution in [2.75, 3.05) is 49.9 Å². The molecule has 232 valence electrons. The van der Waals surface area contributed by atoms with Gasteiger partial charge in [-0.05, 0) is 54.4 Å². The molecule has 0 atom stereocenters. The van der Waals surface area contributed by atoms with E-state index in [9.17, 15) is 19.2 Å². The third-order valence-corrected chi connectivity index (χ3v) is 4.92. The molecule has 0 spiro atoms. The lowest BCUT2D eigenvalue weighted by atomic mass is 10.2. The number of hydrogen-bond donors (Lipinski definition) is 5. The zero-order chi connectivity index (χ0) is 31.1. The number of amides is 4. The van der Waals surface area contributed by atoms with Crippen LogP contribution in [0.25, 0.3) is 0 Å². The molecule has 0 aliphatic carbocycles. The fourth-order valence-electron chi connectivity index (χ4n) is 3.21. The van der Waals surface area contributed by atoms with Gasteiger partial charge < -0.3 is 41.0 Å². The van der Waals surface area contributed by atoms with Crippen molar-refractivity contribution in [3.05, 3.63) is 11.4 Å². The van der Waals surface area contributed by atoms with Crippen molar-refractivity contribution < 1.29 is 28.7 Å². The molecule has 4 amide bonds. The Hall–Kier alpha value is -3.84. The molecule has 5 N–H and O–H groups in total. The molecule has 1 aromatic rings. The number of hydrogen-bond acceptors (Lipinski definition) is 10. The minimum Gasteiger partial charge on any atom is -0.444 e. The first kappa shape index (κ1) is 35.2. The Morgan fingerprint density at radius 1 is 0.756 bits per heavy atom. The highest BCUT2D eigenvalue weighted by molar-refractivity contribution is 5.97. The van der Waals surface area contributed by atoms with Gasteiger partial charge in [-0.25, -0.2) is 19.6 Å². The van der Waals surface area contributed by atoms with Crippen molar-refractivity contribution in [3.8, 4) is 0 Å². The van der Waals surface area contributed by atoms with Crippen molar-refractivity contribution in [1.82, 2.24) is 30.8 Å². The van der Waals surface area contributed by atoms with Gasteiger partial charge in [0.25, 0.3) is 5.91 Å². The second-order valence-electron chi connectivity index (χ2n) is 11.3. The number of nitrogens with one attached hydrogen (secondary N) is 5. The summed E-state index contributed by atoms with van der Waals surface area (Å²) in [6.07, 6.45) is 1.10. The Morgan fingerprint density at radius 3 is 1.78 bits per heavy atom. The van der Waals surface area contributed by atoms with Gasteiger partial charge in [0, 0.05) is 39.3 Å². The molecule has 0 fully saturated rings. The standard InChI is InChI=1S/C27H48N8O6/c1-9-11-28-21-19(17-35(18-36)16-15-32-25(39)41-27(6,7)8)33-22(29-12-10-2)20(34-21)23(37)30-13-14-31-24(38)40-26(3,4)5/h18H,9-17H2,1-8H3,(H,28,34)(H,29,33)(H,30,37)(H,31,38)(H,32,39). The third-order valence-electron chi connectivity index (χ3n) is 4.92. The maximum atomic E-state index is 13.1. The summed E-state index contributed by atoms with van der Waals surface area (Å²) >= 11 is 0. The van der Waals surface area contributed by atoms with Crippen LogP contribution in [0.4, 0.5) is 21.2 Å². The molecule has 14 heteroatoms. The first-order valence-electron chi connectivity index (χ1n) is 14.0. The number of anilines is 2. The van der Waals surface area contributed by atoms with E-state index in [0.717, 1.165) is 12.8 Å². The van der Waals surface area contributed by atoms with Crippen molar-refractivity contribution in [2.45, 2.75) is 86.0 Å². The Balaban J connectivity index is 3.03. The number of nitrogens with zero attached hydrogens (tertiary/aromatic N) is 3.